The van der Waals surface area contributed by atoms with Gasteiger partial charge in [-0.3, -0.25) is 0 Å². The van der Waals surface area contributed by atoms with E-state index in [0.29, 0.717) is 17.0 Å². The first-order valence-electron chi connectivity index (χ1n) is 4.66. The molecule has 0 aromatic carbocycles. The fourth-order valence-corrected chi connectivity index (χ4v) is 4.09. The minimum absolute atomic E-state index is 0.135. The van der Waals surface area contributed by atoms with Crippen molar-refractivity contribution < 1.29 is 4.79 Å². The van der Waals surface area contributed by atoms with Crippen LogP contribution in [0.4, 0.5) is 0 Å². The molecule has 0 aromatic heterocycles. The van der Waals surface area contributed by atoms with Crippen LogP contribution in [-0.4, -0.2) is 24.3 Å². The van der Waals surface area contributed by atoms with Gasteiger partial charge in [-0.25, -0.2) is 0 Å². The topological polar surface area (TPSA) is 17.1 Å². The maximum Gasteiger partial charge on any atom is 0.123 e. The molecule has 0 N–H and O–H groups in total. The van der Waals surface area contributed by atoms with Gasteiger partial charge in [0.2, 0.25) is 0 Å². The summed E-state index contributed by atoms with van der Waals surface area (Å²) < 4.78 is 0. The summed E-state index contributed by atoms with van der Waals surface area (Å²) in [6, 6.07) is 0. The van der Waals surface area contributed by atoms with Crippen LogP contribution in [0.25, 0.3) is 0 Å². The highest BCUT2D eigenvalue weighted by molar-refractivity contribution is 7.58. The fraction of sp³-hybridized carbons (Fsp3) is 0.900. The van der Waals surface area contributed by atoms with E-state index in [1.54, 1.807) is 0 Å². The summed E-state index contributed by atoms with van der Waals surface area (Å²) in [6.07, 6.45) is 3.56. The second kappa shape index (κ2) is 3.46. The minimum atomic E-state index is 0.135. The molecular formula is C10H19OP. The molecule has 1 fully saturated rings. The molecule has 1 aliphatic heterocycles. The van der Waals surface area contributed by atoms with Gasteiger partial charge in [0.25, 0.3) is 0 Å². The van der Waals surface area contributed by atoms with Crippen LogP contribution in [0.1, 0.15) is 27.2 Å². The Bertz CT molecular complexity index is 177. The Morgan fingerprint density at radius 1 is 1.50 bits per heavy atom. The first-order chi connectivity index (χ1) is 5.50. The van der Waals surface area contributed by atoms with E-state index in [1.807, 2.05) is 0 Å². The molecule has 0 bridgehead atoms. The van der Waals surface area contributed by atoms with Gasteiger partial charge in [0, 0.05) is 5.92 Å². The van der Waals surface area contributed by atoms with Gasteiger partial charge >= 0.3 is 0 Å². The fourth-order valence-electron chi connectivity index (χ4n) is 1.94. The lowest BCUT2D eigenvalue weighted by molar-refractivity contribution is -0.112. The molecule has 0 radical (unpaired) electrons. The number of hydrogen-bond acceptors (Lipinski definition) is 1. The predicted molar refractivity (Wildman–Crippen MR) is 55.1 cm³/mol. The Balaban J connectivity index is 2.77. The first kappa shape index (κ1) is 10.2. The summed E-state index contributed by atoms with van der Waals surface area (Å²) in [5.41, 5.74) is 0. The van der Waals surface area contributed by atoms with Crippen LogP contribution in [0, 0.1) is 11.8 Å². The number of carbonyl (C=O) groups excluding carboxylic acids is 1. The van der Waals surface area contributed by atoms with Crippen molar-refractivity contribution in [3.8, 4) is 0 Å². The van der Waals surface area contributed by atoms with Gasteiger partial charge in [0.1, 0.15) is 6.29 Å². The van der Waals surface area contributed by atoms with Crippen LogP contribution in [-0.2, 0) is 4.79 Å². The molecular weight excluding hydrogens is 167 g/mol. The quantitative estimate of drug-likeness (QED) is 0.454. The van der Waals surface area contributed by atoms with Crippen molar-refractivity contribution in [3.05, 3.63) is 0 Å². The van der Waals surface area contributed by atoms with E-state index in [0.717, 1.165) is 12.7 Å². The van der Waals surface area contributed by atoms with Crippen molar-refractivity contribution >= 4 is 14.2 Å². The van der Waals surface area contributed by atoms with E-state index in [9.17, 15) is 4.79 Å². The standard InChI is InChI=1S/C10H19OP/c1-8-9(7-11)5-6-12(4)10(8,2)3/h7-9H,5-6H2,1-4H3. The maximum absolute atomic E-state index is 10.8. The van der Waals surface area contributed by atoms with Crippen LogP contribution in [0.3, 0.4) is 0 Å². The average molecular weight is 186 g/mol. The minimum Gasteiger partial charge on any atom is -0.303 e. The molecule has 3 atom stereocenters. The largest absolute Gasteiger partial charge is 0.303 e. The zero-order valence-corrected chi connectivity index (χ0v) is 9.40. The Kier molecular flexibility index (Phi) is 2.93. The van der Waals surface area contributed by atoms with E-state index < -0.39 is 0 Å². The van der Waals surface area contributed by atoms with E-state index in [1.165, 1.54) is 6.16 Å². The molecule has 0 saturated carbocycles. The third kappa shape index (κ3) is 1.57. The lowest BCUT2D eigenvalue weighted by atomic mass is 9.83. The zero-order valence-electron chi connectivity index (χ0n) is 8.50. The molecule has 1 rings (SSSR count). The molecule has 1 heterocycles. The van der Waals surface area contributed by atoms with Crippen LogP contribution in [0.2, 0.25) is 0 Å². The third-order valence-corrected chi connectivity index (χ3v) is 7.02. The van der Waals surface area contributed by atoms with Crippen molar-refractivity contribution in [2.24, 2.45) is 11.8 Å². The highest BCUT2D eigenvalue weighted by Gasteiger charge is 2.40. The molecule has 1 saturated heterocycles. The van der Waals surface area contributed by atoms with Crippen molar-refractivity contribution in [2.45, 2.75) is 32.3 Å². The number of aldehydes is 1. The van der Waals surface area contributed by atoms with Gasteiger partial charge in [-0.05, 0) is 30.3 Å². The van der Waals surface area contributed by atoms with Crippen LogP contribution >= 0.6 is 7.92 Å². The molecule has 1 nitrogen and oxygen atoms in total. The molecule has 0 aliphatic carbocycles. The van der Waals surface area contributed by atoms with Crippen LogP contribution in [0.5, 0.6) is 0 Å². The Morgan fingerprint density at radius 3 is 2.58 bits per heavy atom. The summed E-state index contributed by atoms with van der Waals surface area (Å²) in [6.45, 7) is 9.24. The second-order valence-corrected chi connectivity index (χ2v) is 7.45. The van der Waals surface area contributed by atoms with E-state index in [4.69, 9.17) is 0 Å². The highest BCUT2D eigenvalue weighted by atomic mass is 31.1. The zero-order chi connectivity index (χ0) is 9.35. The summed E-state index contributed by atoms with van der Waals surface area (Å²) in [7, 11) is 0.135. The monoisotopic (exact) mass is 186 g/mol. The highest BCUT2D eigenvalue weighted by Crippen LogP contribution is 2.56. The summed E-state index contributed by atoms with van der Waals surface area (Å²) in [5, 5.41) is 0.402. The van der Waals surface area contributed by atoms with Crippen molar-refractivity contribution in [2.75, 3.05) is 12.8 Å². The van der Waals surface area contributed by atoms with Crippen LogP contribution in [0.15, 0.2) is 0 Å². The Labute approximate surface area is 76.7 Å². The van der Waals surface area contributed by atoms with E-state index in [-0.39, 0.29) is 7.92 Å². The molecule has 3 unspecified atom stereocenters. The molecule has 0 spiro atoms. The Morgan fingerprint density at radius 2 is 2.08 bits per heavy atom. The lowest BCUT2D eigenvalue weighted by Crippen LogP contribution is -2.38. The summed E-state index contributed by atoms with van der Waals surface area (Å²) in [5.74, 6) is 0.888. The maximum atomic E-state index is 10.8. The average Bonchev–Trinajstić information content (AvgIpc) is 2.02. The van der Waals surface area contributed by atoms with E-state index in [2.05, 4.69) is 27.4 Å². The summed E-state index contributed by atoms with van der Waals surface area (Å²) >= 11 is 0. The molecule has 70 valence electrons. The molecule has 12 heavy (non-hydrogen) atoms. The van der Waals surface area contributed by atoms with Crippen molar-refractivity contribution in [3.63, 3.8) is 0 Å². The SMILES string of the molecule is CC1C(C=O)CCP(C)C1(C)C. The normalized spacial score (nSPS) is 40.8. The second-order valence-electron chi connectivity index (χ2n) is 4.45. The third-order valence-electron chi connectivity index (χ3n) is 3.71. The van der Waals surface area contributed by atoms with E-state index >= 15 is 0 Å². The van der Waals surface area contributed by atoms with Crippen molar-refractivity contribution in [1.82, 2.24) is 0 Å². The van der Waals surface area contributed by atoms with Gasteiger partial charge < -0.3 is 4.79 Å². The van der Waals surface area contributed by atoms with Gasteiger partial charge in [0.15, 0.2) is 0 Å². The van der Waals surface area contributed by atoms with Crippen molar-refractivity contribution in [1.29, 1.82) is 0 Å². The number of rotatable bonds is 1. The number of carbonyl (C=O) groups is 1. The molecule has 0 amide bonds. The van der Waals surface area contributed by atoms with Gasteiger partial charge in [-0.1, -0.05) is 20.8 Å². The summed E-state index contributed by atoms with van der Waals surface area (Å²) in [4.78, 5) is 10.8. The number of hydrogen-bond donors (Lipinski definition) is 0. The lowest BCUT2D eigenvalue weighted by Gasteiger charge is -2.45. The van der Waals surface area contributed by atoms with Gasteiger partial charge in [0.05, 0.1) is 0 Å². The Hall–Kier alpha value is 0.100. The molecule has 0 aromatic rings. The van der Waals surface area contributed by atoms with Gasteiger partial charge in [-0.2, -0.15) is 0 Å². The predicted octanol–water partition coefficient (Wildman–Crippen LogP) is 2.73. The first-order valence-corrected chi connectivity index (χ1v) is 6.64. The van der Waals surface area contributed by atoms with Gasteiger partial charge in [-0.15, -0.1) is 7.92 Å². The molecule has 1 aliphatic rings. The smallest absolute Gasteiger partial charge is 0.123 e. The molecule has 2 heteroatoms. The van der Waals surface area contributed by atoms with Crippen LogP contribution < -0.4 is 0 Å².